The molecule has 1 aromatic heterocycles. The maximum atomic E-state index is 12.9. The Morgan fingerprint density at radius 2 is 1.77 bits per heavy atom. The molecule has 2 saturated heterocycles. The number of aromatic nitrogens is 3. The molecule has 2 fully saturated rings. The van der Waals surface area contributed by atoms with Crippen LogP contribution in [-0.2, 0) is 0 Å². The van der Waals surface area contributed by atoms with Gasteiger partial charge in [-0.2, -0.15) is 15.0 Å². The van der Waals surface area contributed by atoms with Crippen molar-refractivity contribution in [3.63, 3.8) is 0 Å². The van der Waals surface area contributed by atoms with Crippen LogP contribution in [0.4, 0.5) is 0 Å². The Balaban J connectivity index is 1.56. The van der Waals surface area contributed by atoms with Crippen molar-refractivity contribution in [2.45, 2.75) is 43.8 Å². The van der Waals surface area contributed by atoms with Crippen molar-refractivity contribution in [1.29, 1.82) is 0 Å². The molecule has 0 saturated carbocycles. The van der Waals surface area contributed by atoms with E-state index < -0.39 is 0 Å². The molecule has 0 radical (unpaired) electrons. The maximum Gasteiger partial charge on any atom is 0.254 e. The van der Waals surface area contributed by atoms with Crippen LogP contribution in [0.25, 0.3) is 0 Å². The molecule has 2 aliphatic rings. The van der Waals surface area contributed by atoms with Crippen molar-refractivity contribution in [3.05, 3.63) is 46.7 Å². The first-order valence-electron chi connectivity index (χ1n) is 7.66. The number of piperidine rings is 1. The van der Waals surface area contributed by atoms with Gasteiger partial charge in [-0.05, 0) is 43.9 Å². The molecule has 6 heteroatoms. The lowest BCUT2D eigenvalue weighted by molar-refractivity contribution is 0.0512. The first-order chi connectivity index (χ1) is 10.7. The first kappa shape index (κ1) is 13.9. The van der Waals surface area contributed by atoms with E-state index in [0.29, 0.717) is 18.1 Å². The molecule has 114 valence electrons. The average molecular weight is 361 g/mol. The van der Waals surface area contributed by atoms with Crippen molar-refractivity contribution in [3.8, 4) is 0 Å². The number of fused-ring (bicyclic) bond motifs is 2. The smallest absolute Gasteiger partial charge is 0.254 e. The third-order valence-corrected chi connectivity index (χ3v) is 5.27. The number of benzene rings is 1. The summed E-state index contributed by atoms with van der Waals surface area (Å²) in [6, 6.07) is 8.60. The summed E-state index contributed by atoms with van der Waals surface area (Å²) >= 11 is 3.45. The molecule has 1 aromatic carbocycles. The van der Waals surface area contributed by atoms with E-state index >= 15 is 0 Å². The van der Waals surface area contributed by atoms with Crippen molar-refractivity contribution in [2.75, 3.05) is 0 Å². The second-order valence-corrected chi connectivity index (χ2v) is 7.00. The second kappa shape index (κ2) is 5.50. The third kappa shape index (κ3) is 2.35. The predicted molar refractivity (Wildman–Crippen MR) is 85.4 cm³/mol. The van der Waals surface area contributed by atoms with Gasteiger partial charge in [-0.3, -0.25) is 4.79 Å². The van der Waals surface area contributed by atoms with Crippen LogP contribution in [0.5, 0.6) is 0 Å². The largest absolute Gasteiger partial charge is 0.333 e. The highest BCUT2D eigenvalue weighted by Crippen LogP contribution is 2.41. The van der Waals surface area contributed by atoms with E-state index in [1.165, 1.54) is 0 Å². The van der Waals surface area contributed by atoms with Crippen LogP contribution >= 0.6 is 15.9 Å². The van der Waals surface area contributed by atoms with Gasteiger partial charge in [0.1, 0.15) is 0 Å². The predicted octanol–water partition coefficient (Wildman–Crippen LogP) is 3.05. The Hall–Kier alpha value is -1.69. The van der Waals surface area contributed by atoms with E-state index in [2.05, 4.69) is 31.0 Å². The van der Waals surface area contributed by atoms with Gasteiger partial charge in [0.25, 0.3) is 5.91 Å². The Labute approximate surface area is 137 Å². The van der Waals surface area contributed by atoms with E-state index in [0.717, 1.165) is 35.7 Å². The molecular formula is C16H17BrN4O. The van der Waals surface area contributed by atoms with Gasteiger partial charge in [-0.1, -0.05) is 22.0 Å². The van der Waals surface area contributed by atoms with Crippen molar-refractivity contribution in [2.24, 2.45) is 0 Å². The number of carbonyl (C=O) groups is 1. The zero-order valence-electron chi connectivity index (χ0n) is 12.1. The summed E-state index contributed by atoms with van der Waals surface area (Å²) in [6.45, 7) is 0. The fraction of sp³-hybridized carbons (Fsp3) is 0.438. The SMILES string of the molecule is O=C(c1cccc(Br)c1)N1C2CCC1CC(n1nccn1)C2. The Morgan fingerprint density at radius 1 is 1.09 bits per heavy atom. The molecule has 0 N–H and O–H groups in total. The molecular weight excluding hydrogens is 344 g/mol. The number of hydrogen-bond acceptors (Lipinski definition) is 3. The zero-order valence-corrected chi connectivity index (χ0v) is 13.7. The van der Waals surface area contributed by atoms with Gasteiger partial charge in [-0.25, -0.2) is 0 Å². The van der Waals surface area contributed by atoms with Gasteiger partial charge in [0, 0.05) is 22.1 Å². The molecule has 2 atom stereocenters. The highest BCUT2D eigenvalue weighted by Gasteiger charge is 2.44. The molecule has 22 heavy (non-hydrogen) atoms. The molecule has 4 rings (SSSR count). The summed E-state index contributed by atoms with van der Waals surface area (Å²) in [5.74, 6) is 0.153. The minimum absolute atomic E-state index is 0.153. The maximum absolute atomic E-state index is 12.9. The van der Waals surface area contributed by atoms with Crippen LogP contribution in [0.2, 0.25) is 0 Å². The van der Waals surface area contributed by atoms with Gasteiger partial charge in [-0.15, -0.1) is 0 Å². The van der Waals surface area contributed by atoms with E-state index in [4.69, 9.17) is 0 Å². The highest BCUT2D eigenvalue weighted by atomic mass is 79.9. The molecule has 3 heterocycles. The summed E-state index contributed by atoms with van der Waals surface area (Å²) in [4.78, 5) is 16.8. The number of hydrogen-bond donors (Lipinski definition) is 0. The first-order valence-corrected chi connectivity index (χ1v) is 8.45. The molecule has 2 aromatic rings. The quantitative estimate of drug-likeness (QED) is 0.826. The number of rotatable bonds is 2. The van der Waals surface area contributed by atoms with Crippen molar-refractivity contribution < 1.29 is 4.79 Å². The fourth-order valence-corrected chi connectivity index (χ4v) is 4.25. The van der Waals surface area contributed by atoms with Gasteiger partial charge in [0.2, 0.25) is 0 Å². The zero-order chi connectivity index (χ0) is 15.1. The van der Waals surface area contributed by atoms with Crippen molar-refractivity contribution >= 4 is 21.8 Å². The molecule has 0 aliphatic carbocycles. The molecule has 5 nitrogen and oxygen atoms in total. The van der Waals surface area contributed by atoms with Crippen LogP contribution in [0.3, 0.4) is 0 Å². The van der Waals surface area contributed by atoms with Crippen LogP contribution < -0.4 is 0 Å². The highest BCUT2D eigenvalue weighted by molar-refractivity contribution is 9.10. The van der Waals surface area contributed by atoms with E-state index in [1.807, 2.05) is 29.1 Å². The lowest BCUT2D eigenvalue weighted by Gasteiger charge is -2.38. The second-order valence-electron chi connectivity index (χ2n) is 6.08. The average Bonchev–Trinajstić information content (AvgIpc) is 3.13. The van der Waals surface area contributed by atoms with Gasteiger partial charge in [0.05, 0.1) is 18.4 Å². The van der Waals surface area contributed by atoms with Gasteiger partial charge < -0.3 is 4.90 Å². The van der Waals surface area contributed by atoms with Crippen molar-refractivity contribution in [1.82, 2.24) is 19.9 Å². The topological polar surface area (TPSA) is 51.0 Å². The Kier molecular flexibility index (Phi) is 3.48. The summed E-state index contributed by atoms with van der Waals surface area (Å²) < 4.78 is 0.946. The van der Waals surface area contributed by atoms with Crippen LogP contribution in [0, 0.1) is 0 Å². The Bertz CT molecular complexity index is 673. The molecule has 2 bridgehead atoms. The summed E-state index contributed by atoms with van der Waals surface area (Å²) in [5, 5.41) is 8.54. The number of carbonyl (C=O) groups excluding carboxylic acids is 1. The Morgan fingerprint density at radius 3 is 2.41 bits per heavy atom. The van der Waals surface area contributed by atoms with E-state index in [-0.39, 0.29) is 5.91 Å². The summed E-state index contributed by atoms with van der Waals surface area (Å²) in [5.41, 5.74) is 0.766. The van der Waals surface area contributed by atoms with E-state index in [1.54, 1.807) is 12.4 Å². The van der Waals surface area contributed by atoms with Gasteiger partial charge in [0.15, 0.2) is 0 Å². The monoisotopic (exact) mass is 360 g/mol. The van der Waals surface area contributed by atoms with Gasteiger partial charge >= 0.3 is 0 Å². The molecule has 1 amide bonds. The summed E-state index contributed by atoms with van der Waals surface area (Å²) in [7, 11) is 0. The molecule has 2 aliphatic heterocycles. The minimum atomic E-state index is 0.153. The number of halogens is 1. The lowest BCUT2D eigenvalue weighted by atomic mass is 9.97. The molecule has 2 unspecified atom stereocenters. The minimum Gasteiger partial charge on any atom is -0.333 e. The summed E-state index contributed by atoms with van der Waals surface area (Å²) in [6.07, 6.45) is 7.52. The molecule has 0 spiro atoms. The third-order valence-electron chi connectivity index (χ3n) is 4.78. The normalized spacial score (nSPS) is 27.1. The number of amides is 1. The van der Waals surface area contributed by atoms with Crippen LogP contribution in [0.15, 0.2) is 41.1 Å². The standard InChI is InChI=1S/C16H17BrN4O/c17-12-3-1-2-11(8-12)16(22)20-13-4-5-14(20)10-15(9-13)21-18-6-7-19-21/h1-3,6-8,13-15H,4-5,9-10H2. The number of nitrogens with zero attached hydrogens (tertiary/aromatic N) is 4. The van der Waals surface area contributed by atoms with Crippen LogP contribution in [-0.4, -0.2) is 37.9 Å². The lowest BCUT2D eigenvalue weighted by Crippen LogP contribution is -2.47. The fourth-order valence-electron chi connectivity index (χ4n) is 3.85. The van der Waals surface area contributed by atoms with E-state index in [9.17, 15) is 4.79 Å². The van der Waals surface area contributed by atoms with Crippen LogP contribution in [0.1, 0.15) is 42.1 Å².